The normalized spacial score (nSPS) is 17.8. The van der Waals surface area contributed by atoms with Gasteiger partial charge < -0.3 is 18.6 Å². The van der Waals surface area contributed by atoms with Crippen LogP contribution in [0.5, 0.6) is 11.5 Å². The van der Waals surface area contributed by atoms with Crippen LogP contribution in [-0.2, 0) is 0 Å². The van der Waals surface area contributed by atoms with E-state index in [-0.39, 0.29) is 11.5 Å². The van der Waals surface area contributed by atoms with Crippen molar-refractivity contribution >= 4 is 38.1 Å². The fourth-order valence-electron chi connectivity index (χ4n) is 5.55. The summed E-state index contributed by atoms with van der Waals surface area (Å²) in [5.74, 6) is 0.0638. The first-order valence-electron chi connectivity index (χ1n) is 12.8. The third kappa shape index (κ3) is 4.83. The summed E-state index contributed by atoms with van der Waals surface area (Å²) >= 11 is 0. The number of phenols is 2. The summed E-state index contributed by atoms with van der Waals surface area (Å²) in [5.41, 5.74) is 5.91. The number of fused-ring (bicyclic) bond motifs is 3. The quantitative estimate of drug-likeness (QED) is 0.216. The predicted octanol–water partition coefficient (Wildman–Crippen LogP) is 9.46. The second kappa shape index (κ2) is 10.5. The van der Waals surface area contributed by atoms with Crippen LogP contribution in [0, 0.1) is 13.8 Å². The molecule has 7 heteroatoms. The molecule has 6 rings (SSSR count). The number of hydrogen-bond donors (Lipinski definition) is 2. The fourth-order valence-corrected chi connectivity index (χ4v) is 10.1. The molecule has 0 bridgehead atoms. The molecule has 5 nitrogen and oxygen atoms in total. The highest BCUT2D eigenvalue weighted by Crippen LogP contribution is 2.70. The molecule has 1 saturated heterocycles. The van der Waals surface area contributed by atoms with Crippen LogP contribution < -0.4 is 4.52 Å². The van der Waals surface area contributed by atoms with Crippen LogP contribution in [0.2, 0.25) is 0 Å². The Kier molecular flexibility index (Phi) is 6.93. The smallest absolute Gasteiger partial charge is 0.388 e. The van der Waals surface area contributed by atoms with Gasteiger partial charge in [0, 0.05) is 22.1 Å². The van der Waals surface area contributed by atoms with Crippen LogP contribution in [0.25, 0.3) is 21.9 Å². The molecule has 5 aromatic rings. The number of benzene rings is 4. The van der Waals surface area contributed by atoms with Gasteiger partial charge in [0.15, 0.2) is 22.7 Å². The fraction of sp³-hybridized carbons (Fsp3) is 0.226. The van der Waals surface area contributed by atoms with Crippen LogP contribution in [0.4, 0.5) is 0 Å². The highest BCUT2D eigenvalue weighted by molar-refractivity contribution is 7.59. The zero-order chi connectivity index (χ0) is 26.2. The lowest BCUT2D eigenvalue weighted by Crippen LogP contribution is -2.02. The number of aryl methyl sites for hydroxylation is 2. The third-order valence-corrected chi connectivity index (χ3v) is 11.6. The molecule has 38 heavy (non-hydrogen) atoms. The SMILES string of the molecule is Cc1cc(O)c2op(OCP3[C@H](c4ccccc4)CC[C@H]3c3ccccc3)oc3c(O)cc(C)cc3c2c1. The monoisotopic (exact) mass is 544 g/mol. The molecular weight excluding hydrogens is 514 g/mol. The van der Waals surface area contributed by atoms with E-state index in [1.165, 1.54) is 11.1 Å². The summed E-state index contributed by atoms with van der Waals surface area (Å²) in [4.78, 5) is 0. The van der Waals surface area contributed by atoms with Crippen molar-refractivity contribution in [3.8, 4) is 11.5 Å². The summed E-state index contributed by atoms with van der Waals surface area (Å²) < 4.78 is 18.9. The second-order valence-electron chi connectivity index (χ2n) is 9.93. The average molecular weight is 545 g/mol. The summed E-state index contributed by atoms with van der Waals surface area (Å²) in [6.45, 7) is 3.83. The van der Waals surface area contributed by atoms with E-state index < -0.39 is 16.2 Å². The van der Waals surface area contributed by atoms with E-state index in [1.54, 1.807) is 12.1 Å². The van der Waals surface area contributed by atoms with Crippen molar-refractivity contribution in [3.05, 3.63) is 107 Å². The highest BCUT2D eigenvalue weighted by Gasteiger charge is 2.38. The maximum absolute atomic E-state index is 10.8. The van der Waals surface area contributed by atoms with Gasteiger partial charge >= 0.3 is 8.24 Å². The van der Waals surface area contributed by atoms with Crippen LogP contribution >= 0.6 is 16.2 Å². The van der Waals surface area contributed by atoms with Crippen LogP contribution in [0.15, 0.2) is 93.3 Å². The van der Waals surface area contributed by atoms with Gasteiger partial charge in [-0.2, -0.15) is 0 Å². The highest BCUT2D eigenvalue weighted by atomic mass is 31.1. The lowest BCUT2D eigenvalue weighted by Gasteiger charge is -2.25. The van der Waals surface area contributed by atoms with E-state index in [4.69, 9.17) is 12.9 Å². The van der Waals surface area contributed by atoms with Gasteiger partial charge in [-0.15, -0.1) is 0 Å². The molecule has 0 radical (unpaired) electrons. The summed E-state index contributed by atoms with van der Waals surface area (Å²) in [5, 5.41) is 23.0. The van der Waals surface area contributed by atoms with Crippen molar-refractivity contribution in [2.75, 3.05) is 6.35 Å². The minimum Gasteiger partial charge on any atom is -0.504 e. The minimum absolute atomic E-state index is 0.0319. The van der Waals surface area contributed by atoms with E-state index in [9.17, 15) is 10.2 Å². The van der Waals surface area contributed by atoms with Gasteiger partial charge in [0.1, 0.15) is 0 Å². The van der Waals surface area contributed by atoms with E-state index in [0.717, 1.165) is 24.0 Å². The first-order valence-corrected chi connectivity index (χ1v) is 15.6. The van der Waals surface area contributed by atoms with Crippen LogP contribution in [0.1, 0.15) is 46.4 Å². The number of hydrogen-bond acceptors (Lipinski definition) is 5. The van der Waals surface area contributed by atoms with Gasteiger partial charge in [-0.25, -0.2) is 0 Å². The molecule has 4 aromatic carbocycles. The summed E-state index contributed by atoms with van der Waals surface area (Å²) in [6, 6.07) is 28.6. The Morgan fingerprint density at radius 1 is 0.711 bits per heavy atom. The van der Waals surface area contributed by atoms with E-state index in [0.29, 0.717) is 39.6 Å². The summed E-state index contributed by atoms with van der Waals surface area (Å²) in [6.07, 6.45) is 2.69. The molecule has 1 aliphatic rings. The largest absolute Gasteiger partial charge is 0.504 e. The Morgan fingerprint density at radius 2 is 1.16 bits per heavy atom. The molecular formula is C31H30O5P2. The molecule has 2 N–H and O–H groups in total. The molecule has 2 atom stereocenters. The van der Waals surface area contributed by atoms with Crippen molar-refractivity contribution in [1.82, 2.24) is 0 Å². The standard InChI is InChI=1S/C31H30O5P2/c1-20-15-24-25-16-21(2)18-27(33)31(25)36-38(35-30(24)26(32)17-20)34-19-37-28(22-9-5-3-6-10-22)13-14-29(37)23-11-7-4-8-12-23/h3-12,15-18,28-29,32-33H,13-14,19H2,1-2H3/t28-,29-/m0/s1. The molecule has 0 saturated carbocycles. The average Bonchev–Trinajstić information content (AvgIpc) is 3.27. The Morgan fingerprint density at radius 3 is 1.61 bits per heavy atom. The maximum Gasteiger partial charge on any atom is 0.388 e. The van der Waals surface area contributed by atoms with E-state index in [1.807, 2.05) is 26.0 Å². The van der Waals surface area contributed by atoms with Gasteiger partial charge in [0.2, 0.25) is 0 Å². The van der Waals surface area contributed by atoms with Gasteiger partial charge in [-0.1, -0.05) is 68.6 Å². The first-order chi connectivity index (χ1) is 18.5. The van der Waals surface area contributed by atoms with Crippen molar-refractivity contribution in [2.45, 2.75) is 38.0 Å². The zero-order valence-electron chi connectivity index (χ0n) is 21.4. The molecule has 0 amide bonds. The Balaban J connectivity index is 1.44. The Bertz CT molecular complexity index is 1520. The van der Waals surface area contributed by atoms with Crippen LogP contribution in [-0.4, -0.2) is 16.6 Å². The second-order valence-corrected chi connectivity index (χ2v) is 13.5. The molecule has 1 aromatic heterocycles. The van der Waals surface area contributed by atoms with E-state index in [2.05, 4.69) is 60.7 Å². The lowest BCUT2D eigenvalue weighted by molar-refractivity contribution is 0.419. The molecule has 1 fully saturated rings. The topological polar surface area (TPSA) is 76.0 Å². The van der Waals surface area contributed by atoms with Crippen molar-refractivity contribution in [3.63, 3.8) is 0 Å². The van der Waals surface area contributed by atoms with Crippen molar-refractivity contribution in [2.24, 2.45) is 0 Å². The van der Waals surface area contributed by atoms with Crippen molar-refractivity contribution in [1.29, 1.82) is 0 Å². The minimum atomic E-state index is -1.92. The van der Waals surface area contributed by atoms with Crippen LogP contribution in [0.3, 0.4) is 0 Å². The van der Waals surface area contributed by atoms with Gasteiger partial charge in [0.25, 0.3) is 0 Å². The Hall–Kier alpha value is -3.23. The predicted molar refractivity (Wildman–Crippen MR) is 155 cm³/mol. The number of phenolic OH excluding ortho intramolecular Hbond substituents is 2. The number of rotatable bonds is 5. The molecule has 1 aliphatic heterocycles. The zero-order valence-corrected chi connectivity index (χ0v) is 23.2. The molecule has 194 valence electrons. The third-order valence-electron chi connectivity index (χ3n) is 7.24. The number of aromatic hydroxyl groups is 2. The Labute approximate surface area is 224 Å². The molecule has 2 heterocycles. The van der Waals surface area contributed by atoms with Gasteiger partial charge in [-0.05, 0) is 73.2 Å². The van der Waals surface area contributed by atoms with E-state index >= 15 is 0 Å². The maximum atomic E-state index is 10.8. The molecule has 0 unspecified atom stereocenters. The van der Waals surface area contributed by atoms with Gasteiger partial charge in [-0.3, -0.25) is 4.52 Å². The first kappa shape index (κ1) is 25.1. The molecule has 0 aliphatic carbocycles. The van der Waals surface area contributed by atoms with Crippen molar-refractivity contribution < 1.29 is 23.1 Å². The van der Waals surface area contributed by atoms with Gasteiger partial charge in [0.05, 0.1) is 6.35 Å². The molecule has 0 spiro atoms. The summed E-state index contributed by atoms with van der Waals surface area (Å²) in [7, 11) is -2.53. The lowest BCUT2D eigenvalue weighted by atomic mass is 10.0.